The number of carboxylic acid groups (broad SMARTS) is 1. The van der Waals surface area contributed by atoms with E-state index >= 15 is 0 Å². The molecule has 3 N–H and O–H groups in total. The molecule has 17 heavy (non-hydrogen) atoms. The Hall–Kier alpha value is -1.67. The van der Waals surface area contributed by atoms with Crippen molar-refractivity contribution >= 4 is 17.8 Å². The summed E-state index contributed by atoms with van der Waals surface area (Å²) in [4.78, 5) is 32.1. The summed E-state index contributed by atoms with van der Waals surface area (Å²) in [6.45, 7) is 0.504. The lowest BCUT2D eigenvalue weighted by Crippen LogP contribution is -2.38. The largest absolute Gasteiger partial charge is 0.481 e. The highest BCUT2D eigenvalue weighted by Gasteiger charge is 2.08. The van der Waals surface area contributed by atoms with Crippen molar-refractivity contribution in [1.82, 2.24) is 10.6 Å². The number of nitrogens with one attached hydrogen (secondary N) is 2. The highest BCUT2D eigenvalue weighted by molar-refractivity contribution is 5.95. The maximum Gasteiger partial charge on any atom is 0.312 e. The third kappa shape index (κ3) is 10.6. The van der Waals surface area contributed by atoms with Crippen molar-refractivity contribution in [2.24, 2.45) is 0 Å². The zero-order valence-electron chi connectivity index (χ0n) is 9.52. The van der Waals surface area contributed by atoms with Crippen LogP contribution in [0, 0.1) is 0 Å². The Labute approximate surface area is 98.3 Å². The van der Waals surface area contributed by atoms with Gasteiger partial charge in [-0.15, -0.1) is 0 Å². The first-order valence-electron chi connectivity index (χ1n) is 4.88. The maximum atomic E-state index is 11.1. The second-order valence-corrected chi connectivity index (χ2v) is 2.99. The third-order valence-corrected chi connectivity index (χ3v) is 1.56. The van der Waals surface area contributed by atoms with Gasteiger partial charge in [-0.3, -0.25) is 14.4 Å². The molecule has 0 saturated heterocycles. The van der Waals surface area contributed by atoms with Gasteiger partial charge in [0.25, 0.3) is 0 Å². The summed E-state index contributed by atoms with van der Waals surface area (Å²) in [5.74, 6) is -2.42. The minimum atomic E-state index is -1.24. The maximum absolute atomic E-state index is 11.1. The molecule has 0 rings (SSSR count). The molecule has 0 aliphatic rings. The first-order valence-corrected chi connectivity index (χ1v) is 4.88. The van der Waals surface area contributed by atoms with Crippen LogP contribution in [0.1, 0.15) is 6.42 Å². The number of ether oxygens (including phenoxy) is 2. The molecule has 0 aromatic heterocycles. The first-order chi connectivity index (χ1) is 8.06. The van der Waals surface area contributed by atoms with E-state index in [9.17, 15) is 14.4 Å². The first kappa shape index (κ1) is 15.3. The Morgan fingerprint density at radius 2 is 1.82 bits per heavy atom. The zero-order chi connectivity index (χ0) is 13.1. The van der Waals surface area contributed by atoms with Crippen LogP contribution < -0.4 is 10.6 Å². The molecule has 0 aromatic carbocycles. The van der Waals surface area contributed by atoms with Crippen molar-refractivity contribution in [3.63, 3.8) is 0 Å². The molecule has 98 valence electrons. The van der Waals surface area contributed by atoms with Gasteiger partial charge in [-0.05, 0) is 0 Å². The van der Waals surface area contributed by atoms with E-state index in [0.717, 1.165) is 0 Å². The van der Waals surface area contributed by atoms with Gasteiger partial charge in [0.2, 0.25) is 11.8 Å². The van der Waals surface area contributed by atoms with Crippen LogP contribution in [0.3, 0.4) is 0 Å². The molecular weight excluding hydrogens is 232 g/mol. The van der Waals surface area contributed by atoms with Crippen molar-refractivity contribution in [2.45, 2.75) is 6.42 Å². The number of amides is 2. The fourth-order valence-corrected chi connectivity index (χ4v) is 0.787. The summed E-state index contributed by atoms with van der Waals surface area (Å²) >= 11 is 0. The van der Waals surface area contributed by atoms with Crippen LogP contribution in [0.4, 0.5) is 0 Å². The normalized spacial score (nSPS) is 9.71. The third-order valence-electron chi connectivity index (χ3n) is 1.56. The lowest BCUT2D eigenvalue weighted by molar-refractivity contribution is -0.141. The van der Waals surface area contributed by atoms with Gasteiger partial charge < -0.3 is 25.2 Å². The van der Waals surface area contributed by atoms with Gasteiger partial charge in [0.05, 0.1) is 19.8 Å². The molecule has 0 atom stereocenters. The Bertz CT molecular complexity index is 268. The van der Waals surface area contributed by atoms with Gasteiger partial charge in [0.1, 0.15) is 13.2 Å². The van der Waals surface area contributed by atoms with Crippen LogP contribution in [0.15, 0.2) is 0 Å². The number of aliphatic carboxylic acids is 1. The van der Waals surface area contributed by atoms with E-state index in [1.807, 2.05) is 0 Å². The van der Waals surface area contributed by atoms with Gasteiger partial charge in [0.15, 0.2) is 0 Å². The van der Waals surface area contributed by atoms with Crippen molar-refractivity contribution in [3.8, 4) is 0 Å². The molecular formula is C9H16N2O6. The second-order valence-electron chi connectivity index (χ2n) is 2.99. The average Bonchev–Trinajstić information content (AvgIpc) is 2.25. The number of hydrogen-bond donors (Lipinski definition) is 3. The van der Waals surface area contributed by atoms with Gasteiger partial charge in [-0.25, -0.2) is 0 Å². The Morgan fingerprint density at radius 3 is 2.41 bits per heavy atom. The number of carbonyl (C=O) groups excluding carboxylic acids is 2. The minimum absolute atomic E-state index is 0.0109. The topological polar surface area (TPSA) is 114 Å². The summed E-state index contributed by atoms with van der Waals surface area (Å²) in [6.07, 6.45) is -0.655. The van der Waals surface area contributed by atoms with Gasteiger partial charge >= 0.3 is 5.97 Å². The van der Waals surface area contributed by atoms with Crippen molar-refractivity contribution in [3.05, 3.63) is 0 Å². The van der Waals surface area contributed by atoms with Crippen molar-refractivity contribution < 1.29 is 29.0 Å². The summed E-state index contributed by atoms with van der Waals surface area (Å²) in [5.41, 5.74) is 0. The van der Waals surface area contributed by atoms with E-state index in [2.05, 4.69) is 10.6 Å². The molecule has 0 aliphatic carbocycles. The van der Waals surface area contributed by atoms with E-state index in [1.165, 1.54) is 7.11 Å². The van der Waals surface area contributed by atoms with Crippen LogP contribution in [0.25, 0.3) is 0 Å². The Kier molecular flexibility index (Phi) is 8.61. The number of rotatable bonds is 9. The molecule has 0 fully saturated rings. The summed E-state index contributed by atoms with van der Waals surface area (Å²) < 4.78 is 9.67. The molecule has 0 heterocycles. The molecule has 0 radical (unpaired) electrons. The molecule has 0 bridgehead atoms. The lowest BCUT2D eigenvalue weighted by atomic mass is 10.4. The van der Waals surface area contributed by atoms with Crippen molar-refractivity contribution in [2.75, 3.05) is 33.6 Å². The predicted octanol–water partition coefficient (Wildman–Crippen LogP) is -1.69. The molecule has 0 aliphatic heterocycles. The van der Waals surface area contributed by atoms with E-state index in [1.54, 1.807) is 0 Å². The molecule has 8 nitrogen and oxygen atoms in total. The van der Waals surface area contributed by atoms with E-state index in [4.69, 9.17) is 14.6 Å². The number of methoxy groups -OCH3 is 1. The zero-order valence-corrected chi connectivity index (χ0v) is 9.52. The predicted molar refractivity (Wildman–Crippen MR) is 56.1 cm³/mol. The van der Waals surface area contributed by atoms with E-state index in [0.29, 0.717) is 13.2 Å². The monoisotopic (exact) mass is 248 g/mol. The average molecular weight is 248 g/mol. The van der Waals surface area contributed by atoms with E-state index in [-0.39, 0.29) is 13.3 Å². The lowest BCUT2D eigenvalue weighted by Gasteiger charge is -2.06. The molecule has 0 unspecified atom stereocenters. The summed E-state index contributed by atoms with van der Waals surface area (Å²) in [6, 6.07) is 0. The Morgan fingerprint density at radius 1 is 1.12 bits per heavy atom. The number of carbonyl (C=O) groups is 3. The van der Waals surface area contributed by atoms with E-state index < -0.39 is 24.2 Å². The summed E-state index contributed by atoms with van der Waals surface area (Å²) in [7, 11) is 1.53. The molecule has 0 aromatic rings. The van der Waals surface area contributed by atoms with Gasteiger partial charge in [-0.1, -0.05) is 0 Å². The summed E-state index contributed by atoms with van der Waals surface area (Å²) in [5, 5.41) is 12.8. The fourth-order valence-electron chi connectivity index (χ4n) is 0.787. The smallest absolute Gasteiger partial charge is 0.312 e. The highest BCUT2D eigenvalue weighted by Crippen LogP contribution is 1.79. The van der Waals surface area contributed by atoms with Crippen molar-refractivity contribution in [1.29, 1.82) is 0 Å². The quantitative estimate of drug-likeness (QED) is 0.255. The number of carboxylic acids is 1. The van der Waals surface area contributed by atoms with Gasteiger partial charge in [0, 0.05) is 7.11 Å². The molecule has 0 spiro atoms. The number of hydrogen-bond acceptors (Lipinski definition) is 5. The SMILES string of the molecule is COCCOCNC(=O)CNC(=O)CC(=O)O. The second kappa shape index (κ2) is 9.55. The highest BCUT2D eigenvalue weighted by atomic mass is 16.5. The minimum Gasteiger partial charge on any atom is -0.481 e. The van der Waals surface area contributed by atoms with Crippen LogP contribution in [-0.2, 0) is 23.9 Å². The van der Waals surface area contributed by atoms with Gasteiger partial charge in [-0.2, -0.15) is 0 Å². The standard InChI is InChI=1S/C9H16N2O6/c1-16-2-3-17-6-11-8(13)5-10-7(12)4-9(14)15/h2-6H2,1H3,(H,10,12)(H,11,13)(H,14,15). The van der Waals surface area contributed by atoms with Crippen LogP contribution in [-0.4, -0.2) is 56.5 Å². The van der Waals surface area contributed by atoms with Crippen LogP contribution in [0.2, 0.25) is 0 Å². The molecule has 8 heteroatoms. The molecule has 2 amide bonds. The fraction of sp³-hybridized carbons (Fsp3) is 0.667. The molecule has 0 saturated carbocycles. The van der Waals surface area contributed by atoms with Crippen LogP contribution in [0.5, 0.6) is 0 Å². The Balaban J connectivity index is 3.46. The van der Waals surface area contributed by atoms with Crippen LogP contribution >= 0.6 is 0 Å².